The van der Waals surface area contributed by atoms with Gasteiger partial charge in [-0.1, -0.05) is 19.3 Å². The SMILES string of the molecule is O=C(O)C1CCC1C(=O)NC1CCN(C(=O)C2CCCCC2)C1. The van der Waals surface area contributed by atoms with E-state index in [9.17, 15) is 14.4 Å². The number of nitrogens with one attached hydrogen (secondary N) is 1. The summed E-state index contributed by atoms with van der Waals surface area (Å²) in [6, 6.07) is -0.0231. The van der Waals surface area contributed by atoms with Crippen molar-refractivity contribution in [2.45, 2.75) is 57.4 Å². The van der Waals surface area contributed by atoms with E-state index in [2.05, 4.69) is 5.32 Å². The molecule has 6 heteroatoms. The molecule has 0 aromatic heterocycles. The zero-order chi connectivity index (χ0) is 16.4. The monoisotopic (exact) mass is 322 g/mol. The Labute approximate surface area is 136 Å². The maximum atomic E-state index is 12.5. The van der Waals surface area contributed by atoms with Gasteiger partial charge < -0.3 is 15.3 Å². The van der Waals surface area contributed by atoms with E-state index >= 15 is 0 Å². The van der Waals surface area contributed by atoms with Gasteiger partial charge in [-0.25, -0.2) is 0 Å². The summed E-state index contributed by atoms with van der Waals surface area (Å²) >= 11 is 0. The summed E-state index contributed by atoms with van der Waals surface area (Å²) < 4.78 is 0. The topological polar surface area (TPSA) is 86.7 Å². The fourth-order valence-corrected chi connectivity index (χ4v) is 4.10. The molecule has 2 N–H and O–H groups in total. The average molecular weight is 322 g/mol. The van der Waals surface area contributed by atoms with Gasteiger partial charge in [-0.15, -0.1) is 0 Å². The van der Waals surface area contributed by atoms with Crippen molar-refractivity contribution in [3.05, 3.63) is 0 Å². The molecule has 6 nitrogen and oxygen atoms in total. The van der Waals surface area contributed by atoms with Crippen LogP contribution in [0.5, 0.6) is 0 Å². The van der Waals surface area contributed by atoms with E-state index in [4.69, 9.17) is 5.11 Å². The van der Waals surface area contributed by atoms with E-state index in [0.717, 1.165) is 32.1 Å². The van der Waals surface area contributed by atoms with Crippen LogP contribution < -0.4 is 5.32 Å². The Bertz CT molecular complexity index is 487. The van der Waals surface area contributed by atoms with Crippen molar-refractivity contribution in [2.24, 2.45) is 17.8 Å². The minimum Gasteiger partial charge on any atom is -0.481 e. The van der Waals surface area contributed by atoms with Crippen molar-refractivity contribution in [1.29, 1.82) is 0 Å². The molecule has 3 rings (SSSR count). The highest BCUT2D eigenvalue weighted by Gasteiger charge is 2.42. The van der Waals surface area contributed by atoms with Crippen LogP contribution >= 0.6 is 0 Å². The fourth-order valence-electron chi connectivity index (χ4n) is 4.10. The smallest absolute Gasteiger partial charge is 0.307 e. The molecule has 23 heavy (non-hydrogen) atoms. The minimum atomic E-state index is -0.878. The van der Waals surface area contributed by atoms with Gasteiger partial charge in [0.2, 0.25) is 11.8 Å². The summed E-state index contributed by atoms with van der Waals surface area (Å²) in [4.78, 5) is 37.6. The second kappa shape index (κ2) is 6.89. The number of nitrogens with zero attached hydrogens (tertiary/aromatic N) is 1. The molecule has 128 valence electrons. The van der Waals surface area contributed by atoms with E-state index in [-0.39, 0.29) is 23.8 Å². The van der Waals surface area contributed by atoms with Gasteiger partial charge in [-0.05, 0) is 32.1 Å². The summed E-state index contributed by atoms with van der Waals surface area (Å²) in [7, 11) is 0. The molecule has 3 unspecified atom stereocenters. The molecule has 3 atom stereocenters. The van der Waals surface area contributed by atoms with Gasteiger partial charge in [-0.3, -0.25) is 14.4 Å². The van der Waals surface area contributed by atoms with Crippen LogP contribution in [0.1, 0.15) is 51.4 Å². The Hall–Kier alpha value is -1.59. The predicted molar refractivity (Wildman–Crippen MR) is 83.6 cm³/mol. The number of rotatable bonds is 4. The van der Waals surface area contributed by atoms with Crippen molar-refractivity contribution in [1.82, 2.24) is 10.2 Å². The molecule has 1 aliphatic heterocycles. The van der Waals surface area contributed by atoms with Crippen LogP contribution in [0, 0.1) is 17.8 Å². The number of carbonyl (C=O) groups excluding carboxylic acids is 2. The summed E-state index contributed by atoms with van der Waals surface area (Å²) in [5.41, 5.74) is 0. The van der Waals surface area contributed by atoms with Crippen LogP contribution in [0.3, 0.4) is 0 Å². The van der Waals surface area contributed by atoms with E-state index in [0.29, 0.717) is 25.9 Å². The molecule has 0 aromatic rings. The Morgan fingerprint density at radius 1 is 0.913 bits per heavy atom. The van der Waals surface area contributed by atoms with Gasteiger partial charge in [-0.2, -0.15) is 0 Å². The third kappa shape index (κ3) is 3.51. The number of carboxylic acids is 1. The lowest BCUT2D eigenvalue weighted by atomic mass is 9.73. The number of aliphatic carboxylic acids is 1. The molecule has 0 spiro atoms. The first-order chi connectivity index (χ1) is 11.1. The molecule has 2 aliphatic carbocycles. The second-order valence-electron chi connectivity index (χ2n) is 7.24. The van der Waals surface area contributed by atoms with Crippen molar-refractivity contribution in [3.8, 4) is 0 Å². The Morgan fingerprint density at radius 3 is 2.22 bits per heavy atom. The molecule has 1 heterocycles. The highest BCUT2D eigenvalue weighted by atomic mass is 16.4. The Morgan fingerprint density at radius 2 is 1.61 bits per heavy atom. The van der Waals surface area contributed by atoms with E-state index in [1.807, 2.05) is 4.90 Å². The Balaban J connectivity index is 1.47. The normalized spacial score (nSPS) is 31.5. The van der Waals surface area contributed by atoms with E-state index < -0.39 is 17.8 Å². The highest BCUT2D eigenvalue weighted by Crippen LogP contribution is 2.35. The lowest BCUT2D eigenvalue weighted by Crippen LogP contribution is -2.48. The molecule has 2 amide bonds. The summed E-state index contributed by atoms with van der Waals surface area (Å²) in [5, 5.41) is 12.0. The van der Waals surface area contributed by atoms with Gasteiger partial charge in [0.15, 0.2) is 0 Å². The van der Waals surface area contributed by atoms with Crippen LogP contribution in [0.15, 0.2) is 0 Å². The van der Waals surface area contributed by atoms with Gasteiger partial charge in [0.25, 0.3) is 0 Å². The molecule has 3 aliphatic rings. The molecule has 1 saturated heterocycles. The lowest BCUT2D eigenvalue weighted by Gasteiger charge is -2.33. The van der Waals surface area contributed by atoms with Crippen molar-refractivity contribution in [3.63, 3.8) is 0 Å². The number of hydrogen-bond acceptors (Lipinski definition) is 3. The number of carbonyl (C=O) groups is 3. The summed E-state index contributed by atoms with van der Waals surface area (Å²) in [6.07, 6.45) is 7.52. The number of likely N-dealkylation sites (tertiary alicyclic amines) is 1. The molecule has 0 aromatic carbocycles. The lowest BCUT2D eigenvalue weighted by molar-refractivity contribution is -0.152. The third-order valence-electron chi connectivity index (χ3n) is 5.73. The number of hydrogen-bond donors (Lipinski definition) is 2. The zero-order valence-electron chi connectivity index (χ0n) is 13.5. The van der Waals surface area contributed by atoms with E-state index in [1.54, 1.807) is 0 Å². The van der Waals surface area contributed by atoms with Crippen LogP contribution in [-0.4, -0.2) is 46.9 Å². The van der Waals surface area contributed by atoms with Crippen molar-refractivity contribution < 1.29 is 19.5 Å². The first kappa shape index (κ1) is 16.3. The maximum absolute atomic E-state index is 12.5. The number of amides is 2. The largest absolute Gasteiger partial charge is 0.481 e. The first-order valence-corrected chi connectivity index (χ1v) is 8.88. The molecule has 2 saturated carbocycles. The van der Waals surface area contributed by atoms with Crippen LogP contribution in [0.25, 0.3) is 0 Å². The quantitative estimate of drug-likeness (QED) is 0.819. The van der Waals surface area contributed by atoms with Crippen LogP contribution in [0.4, 0.5) is 0 Å². The molecule has 0 bridgehead atoms. The minimum absolute atomic E-state index is 0.0231. The summed E-state index contributed by atoms with van der Waals surface area (Å²) in [6.45, 7) is 1.28. The maximum Gasteiger partial charge on any atom is 0.307 e. The van der Waals surface area contributed by atoms with Crippen molar-refractivity contribution >= 4 is 17.8 Å². The standard InChI is InChI=1S/C17H26N2O4/c20-15(13-6-7-14(13)17(22)23)18-12-8-9-19(10-12)16(21)11-4-2-1-3-5-11/h11-14H,1-10H2,(H,18,20)(H,22,23). The molecule has 3 fully saturated rings. The second-order valence-corrected chi connectivity index (χ2v) is 7.24. The number of carboxylic acid groups (broad SMARTS) is 1. The third-order valence-corrected chi connectivity index (χ3v) is 5.73. The molecular weight excluding hydrogens is 296 g/mol. The first-order valence-electron chi connectivity index (χ1n) is 8.88. The van der Waals surface area contributed by atoms with E-state index in [1.165, 1.54) is 6.42 Å². The van der Waals surface area contributed by atoms with Gasteiger partial charge in [0, 0.05) is 25.0 Å². The zero-order valence-corrected chi connectivity index (χ0v) is 13.5. The predicted octanol–water partition coefficient (Wildman–Crippen LogP) is 1.39. The van der Waals surface area contributed by atoms with Gasteiger partial charge in [0.1, 0.15) is 0 Å². The molecular formula is C17H26N2O4. The van der Waals surface area contributed by atoms with Crippen LogP contribution in [0.2, 0.25) is 0 Å². The van der Waals surface area contributed by atoms with Gasteiger partial charge in [0.05, 0.1) is 11.8 Å². The highest BCUT2D eigenvalue weighted by molar-refractivity contribution is 5.86. The molecule has 0 radical (unpaired) electrons. The fraction of sp³-hybridized carbons (Fsp3) is 0.824. The average Bonchev–Trinajstić information content (AvgIpc) is 2.94. The van der Waals surface area contributed by atoms with Gasteiger partial charge >= 0.3 is 5.97 Å². The van der Waals surface area contributed by atoms with Crippen molar-refractivity contribution in [2.75, 3.05) is 13.1 Å². The van der Waals surface area contributed by atoms with Crippen LogP contribution in [-0.2, 0) is 14.4 Å². The summed E-state index contributed by atoms with van der Waals surface area (Å²) in [5.74, 6) is -1.54. The Kier molecular flexibility index (Phi) is 4.87.